The zero-order valence-corrected chi connectivity index (χ0v) is 12.4. The van der Waals surface area contributed by atoms with E-state index in [9.17, 15) is 9.59 Å². The number of aryl methyl sites for hydroxylation is 1. The van der Waals surface area contributed by atoms with Crippen LogP contribution in [0.15, 0.2) is 24.3 Å². The Labute approximate surface area is 125 Å². The average Bonchev–Trinajstić information content (AvgIpc) is 2.51. The van der Waals surface area contributed by atoms with Crippen LogP contribution in [0, 0.1) is 6.92 Å². The lowest BCUT2D eigenvalue weighted by molar-refractivity contribution is -0.134. The lowest BCUT2D eigenvalue weighted by atomic mass is 10.1. The number of carbonyl (C=O) groups excluding carboxylic acids is 2. The Hall–Kier alpha value is -2.04. The molecule has 1 aliphatic heterocycles. The topological polar surface area (TPSA) is 58.6 Å². The van der Waals surface area contributed by atoms with E-state index in [1.807, 2.05) is 30.0 Å². The van der Waals surface area contributed by atoms with Crippen molar-refractivity contribution in [1.29, 1.82) is 0 Å². The molecule has 1 N–H and O–H groups in total. The molecule has 2 amide bonds. The Morgan fingerprint density at radius 1 is 1.24 bits per heavy atom. The predicted octanol–water partition coefficient (Wildman–Crippen LogP) is 1.50. The molecule has 1 aromatic rings. The third-order valence-electron chi connectivity index (χ3n) is 3.51. The number of nitrogens with zero attached hydrogens (tertiary/aromatic N) is 1. The molecular formula is C16H22N2O3. The number of piperidine rings is 1. The van der Waals surface area contributed by atoms with Gasteiger partial charge in [-0.15, -0.1) is 0 Å². The zero-order valence-electron chi connectivity index (χ0n) is 12.4. The third kappa shape index (κ3) is 5.10. The van der Waals surface area contributed by atoms with E-state index in [1.165, 1.54) is 6.42 Å². The van der Waals surface area contributed by atoms with Gasteiger partial charge in [0.1, 0.15) is 5.75 Å². The summed E-state index contributed by atoms with van der Waals surface area (Å²) in [7, 11) is 0. The van der Waals surface area contributed by atoms with Crippen LogP contribution in [0.2, 0.25) is 0 Å². The zero-order chi connectivity index (χ0) is 15.1. The van der Waals surface area contributed by atoms with Gasteiger partial charge in [0, 0.05) is 13.1 Å². The largest absolute Gasteiger partial charge is 0.484 e. The van der Waals surface area contributed by atoms with Crippen LogP contribution in [0.25, 0.3) is 0 Å². The molecule has 0 radical (unpaired) electrons. The first-order valence-corrected chi connectivity index (χ1v) is 7.39. The minimum Gasteiger partial charge on any atom is -0.484 e. The van der Waals surface area contributed by atoms with E-state index >= 15 is 0 Å². The van der Waals surface area contributed by atoms with Gasteiger partial charge in [0.15, 0.2) is 6.61 Å². The number of carbonyl (C=O) groups is 2. The van der Waals surface area contributed by atoms with Crippen LogP contribution in [0.5, 0.6) is 5.75 Å². The van der Waals surface area contributed by atoms with Crippen molar-refractivity contribution in [3.8, 4) is 5.75 Å². The summed E-state index contributed by atoms with van der Waals surface area (Å²) in [5.74, 6) is 0.368. The molecule has 0 aromatic heterocycles. The van der Waals surface area contributed by atoms with Gasteiger partial charge in [-0.2, -0.15) is 0 Å². The van der Waals surface area contributed by atoms with Crippen LogP contribution in [0.4, 0.5) is 0 Å². The van der Waals surface area contributed by atoms with Crippen LogP contribution in [0.1, 0.15) is 24.8 Å². The maximum Gasteiger partial charge on any atom is 0.258 e. The lowest BCUT2D eigenvalue weighted by Crippen LogP contribution is -2.43. The third-order valence-corrected chi connectivity index (χ3v) is 3.51. The van der Waals surface area contributed by atoms with Gasteiger partial charge in [-0.3, -0.25) is 9.59 Å². The molecule has 1 aliphatic rings. The molecule has 0 spiro atoms. The van der Waals surface area contributed by atoms with Gasteiger partial charge < -0.3 is 15.0 Å². The van der Waals surface area contributed by atoms with E-state index in [2.05, 4.69) is 5.32 Å². The fraction of sp³-hybridized carbons (Fsp3) is 0.500. The summed E-state index contributed by atoms with van der Waals surface area (Å²) in [6, 6.07) is 7.51. The molecule has 5 heteroatoms. The summed E-state index contributed by atoms with van der Waals surface area (Å²) in [6.07, 6.45) is 3.28. The first kappa shape index (κ1) is 15.4. The highest BCUT2D eigenvalue weighted by Crippen LogP contribution is 2.12. The van der Waals surface area contributed by atoms with Crippen molar-refractivity contribution in [3.63, 3.8) is 0 Å². The van der Waals surface area contributed by atoms with Crippen molar-refractivity contribution < 1.29 is 14.3 Å². The summed E-state index contributed by atoms with van der Waals surface area (Å²) in [4.78, 5) is 25.4. The second kappa shape index (κ2) is 7.67. The van der Waals surface area contributed by atoms with E-state index in [4.69, 9.17) is 4.74 Å². The predicted molar refractivity (Wildman–Crippen MR) is 80.1 cm³/mol. The highest BCUT2D eigenvalue weighted by atomic mass is 16.5. The van der Waals surface area contributed by atoms with Gasteiger partial charge in [0.2, 0.25) is 5.91 Å². The molecule has 0 saturated carbocycles. The fourth-order valence-electron chi connectivity index (χ4n) is 2.33. The minimum atomic E-state index is -0.276. The van der Waals surface area contributed by atoms with Crippen molar-refractivity contribution >= 4 is 11.8 Å². The second-order valence-electron chi connectivity index (χ2n) is 5.32. The molecule has 5 nitrogen and oxygen atoms in total. The molecule has 1 saturated heterocycles. The van der Waals surface area contributed by atoms with Gasteiger partial charge in [0.05, 0.1) is 6.54 Å². The summed E-state index contributed by atoms with van der Waals surface area (Å²) in [5, 5.41) is 2.61. The molecule has 0 bridgehead atoms. The molecule has 0 unspecified atom stereocenters. The number of nitrogens with one attached hydrogen (secondary N) is 1. The monoisotopic (exact) mass is 290 g/mol. The molecule has 0 atom stereocenters. The van der Waals surface area contributed by atoms with E-state index in [0.717, 1.165) is 31.5 Å². The molecule has 21 heavy (non-hydrogen) atoms. The van der Waals surface area contributed by atoms with Gasteiger partial charge in [-0.1, -0.05) is 12.1 Å². The van der Waals surface area contributed by atoms with Crippen LogP contribution in [0.3, 0.4) is 0 Å². The first-order chi connectivity index (χ1) is 10.1. The molecule has 2 rings (SSSR count). The smallest absolute Gasteiger partial charge is 0.258 e. The maximum absolute atomic E-state index is 11.9. The van der Waals surface area contributed by atoms with Gasteiger partial charge in [-0.25, -0.2) is 0 Å². The summed E-state index contributed by atoms with van der Waals surface area (Å²) >= 11 is 0. The SMILES string of the molecule is Cc1cccc(OCC(=O)NCC(=O)N2CCCCC2)c1. The Balaban J connectivity index is 1.68. The molecule has 1 fully saturated rings. The maximum atomic E-state index is 11.9. The number of benzene rings is 1. The number of hydrogen-bond acceptors (Lipinski definition) is 3. The van der Waals surface area contributed by atoms with Crippen LogP contribution in [-0.4, -0.2) is 43.0 Å². The highest BCUT2D eigenvalue weighted by Gasteiger charge is 2.16. The number of rotatable bonds is 5. The summed E-state index contributed by atoms with van der Waals surface area (Å²) in [5.41, 5.74) is 1.08. The van der Waals surface area contributed by atoms with Gasteiger partial charge in [-0.05, 0) is 43.9 Å². The van der Waals surface area contributed by atoms with Crippen molar-refractivity contribution in [2.24, 2.45) is 0 Å². The van der Waals surface area contributed by atoms with E-state index in [1.54, 1.807) is 6.07 Å². The molecule has 1 aromatic carbocycles. The number of hydrogen-bond donors (Lipinski definition) is 1. The standard InChI is InChI=1S/C16H22N2O3/c1-13-6-5-7-14(10-13)21-12-15(19)17-11-16(20)18-8-3-2-4-9-18/h5-7,10H,2-4,8-9,11-12H2,1H3,(H,17,19). The molecule has 1 heterocycles. The molecular weight excluding hydrogens is 268 g/mol. The van der Waals surface area contributed by atoms with E-state index in [-0.39, 0.29) is 25.0 Å². The Kier molecular flexibility index (Phi) is 5.60. The Morgan fingerprint density at radius 3 is 2.71 bits per heavy atom. The summed E-state index contributed by atoms with van der Waals surface area (Å²) in [6.45, 7) is 3.54. The van der Waals surface area contributed by atoms with Crippen LogP contribution < -0.4 is 10.1 Å². The normalized spacial score (nSPS) is 14.6. The molecule has 114 valence electrons. The van der Waals surface area contributed by atoms with Gasteiger partial charge >= 0.3 is 0 Å². The van der Waals surface area contributed by atoms with Crippen molar-refractivity contribution in [3.05, 3.63) is 29.8 Å². The molecule has 0 aliphatic carbocycles. The van der Waals surface area contributed by atoms with Crippen LogP contribution >= 0.6 is 0 Å². The van der Waals surface area contributed by atoms with Crippen molar-refractivity contribution in [2.45, 2.75) is 26.2 Å². The van der Waals surface area contributed by atoms with Crippen molar-refractivity contribution in [2.75, 3.05) is 26.2 Å². The lowest BCUT2D eigenvalue weighted by Gasteiger charge is -2.26. The van der Waals surface area contributed by atoms with E-state index in [0.29, 0.717) is 5.75 Å². The Bertz CT molecular complexity index is 496. The summed E-state index contributed by atoms with van der Waals surface area (Å²) < 4.78 is 5.39. The number of ether oxygens (including phenoxy) is 1. The number of likely N-dealkylation sites (tertiary alicyclic amines) is 1. The van der Waals surface area contributed by atoms with Gasteiger partial charge in [0.25, 0.3) is 5.91 Å². The fourth-order valence-corrected chi connectivity index (χ4v) is 2.33. The Morgan fingerprint density at radius 2 is 2.00 bits per heavy atom. The quantitative estimate of drug-likeness (QED) is 0.894. The first-order valence-electron chi connectivity index (χ1n) is 7.39. The average molecular weight is 290 g/mol. The number of amides is 2. The minimum absolute atomic E-state index is 0.0152. The highest BCUT2D eigenvalue weighted by molar-refractivity contribution is 5.85. The van der Waals surface area contributed by atoms with Crippen LogP contribution in [-0.2, 0) is 9.59 Å². The second-order valence-corrected chi connectivity index (χ2v) is 5.32. The van der Waals surface area contributed by atoms with E-state index < -0.39 is 0 Å². The van der Waals surface area contributed by atoms with Crippen molar-refractivity contribution in [1.82, 2.24) is 10.2 Å².